The van der Waals surface area contributed by atoms with Gasteiger partial charge in [-0.3, -0.25) is 0 Å². The zero-order valence-corrected chi connectivity index (χ0v) is 12.8. The third-order valence-corrected chi connectivity index (χ3v) is 6.41. The van der Waals surface area contributed by atoms with E-state index in [1.54, 1.807) is 18.6 Å². The Morgan fingerprint density at radius 3 is 2.89 bits per heavy atom. The number of nitrogens with zero attached hydrogens (tertiary/aromatic N) is 1. The van der Waals surface area contributed by atoms with Gasteiger partial charge in [-0.1, -0.05) is 0 Å². The number of aryl methyl sites for hydroxylation is 1. The Hall–Kier alpha value is -0.700. The summed E-state index contributed by atoms with van der Waals surface area (Å²) < 4.78 is 27.7. The molecule has 0 aliphatic carbocycles. The lowest BCUT2D eigenvalue weighted by atomic mass is 10.3. The van der Waals surface area contributed by atoms with Gasteiger partial charge in [0.15, 0.2) is 0 Å². The van der Waals surface area contributed by atoms with E-state index in [9.17, 15) is 8.42 Å². The van der Waals surface area contributed by atoms with E-state index in [0.717, 1.165) is 15.0 Å². The number of halogens is 1. The molecule has 0 bridgehead atoms. The summed E-state index contributed by atoms with van der Waals surface area (Å²) in [6.07, 6.45) is 3.84. The van der Waals surface area contributed by atoms with Crippen molar-refractivity contribution >= 4 is 37.3 Å². The molecule has 0 aliphatic rings. The monoisotopic (exact) mass is 349 g/mol. The average molecular weight is 350 g/mol. The smallest absolute Gasteiger partial charge is 0.250 e. The topological polar surface area (TPSA) is 74.8 Å². The third kappa shape index (κ3) is 3.19. The molecule has 8 heteroatoms. The predicted molar refractivity (Wildman–Crippen MR) is 74.2 cm³/mol. The number of hydrogen-bond donors (Lipinski definition) is 2. The summed E-state index contributed by atoms with van der Waals surface area (Å²) in [5, 5.41) is 0. The summed E-state index contributed by atoms with van der Waals surface area (Å²) in [5.41, 5.74) is 1.83. The van der Waals surface area contributed by atoms with Crippen molar-refractivity contribution in [3.05, 3.63) is 33.6 Å². The average Bonchev–Trinajstić information content (AvgIpc) is 2.90. The summed E-state index contributed by atoms with van der Waals surface area (Å²) in [6, 6.07) is 1.66. The van der Waals surface area contributed by atoms with Crippen LogP contribution in [0.4, 0.5) is 0 Å². The molecule has 0 amide bonds. The Labute approximate surface area is 118 Å². The quantitative estimate of drug-likeness (QED) is 0.867. The number of thiophene rings is 1. The first-order chi connectivity index (χ1) is 8.49. The highest BCUT2D eigenvalue weighted by molar-refractivity contribution is 9.11. The van der Waals surface area contributed by atoms with E-state index in [1.807, 2.05) is 6.92 Å². The van der Waals surface area contributed by atoms with E-state index < -0.39 is 10.0 Å². The van der Waals surface area contributed by atoms with Crippen LogP contribution in [-0.2, 0) is 16.4 Å². The van der Waals surface area contributed by atoms with Crippen LogP contribution in [0, 0.1) is 6.92 Å². The van der Waals surface area contributed by atoms with Gasteiger partial charge in [0.05, 0.1) is 10.1 Å². The maximum absolute atomic E-state index is 12.0. The SMILES string of the molecule is Cc1cc(S(=O)(=O)NCCc2cnc[nH]2)sc1Br. The summed E-state index contributed by atoms with van der Waals surface area (Å²) in [4.78, 5) is 6.80. The fourth-order valence-electron chi connectivity index (χ4n) is 1.38. The summed E-state index contributed by atoms with van der Waals surface area (Å²) >= 11 is 4.54. The molecule has 2 aromatic heterocycles. The standard InChI is InChI=1S/C10H12BrN3O2S2/c1-7-4-9(17-10(7)11)18(15,16)14-3-2-8-5-12-6-13-8/h4-6,14H,2-3H2,1H3,(H,12,13). The van der Waals surface area contributed by atoms with Crippen molar-refractivity contribution in [1.29, 1.82) is 0 Å². The van der Waals surface area contributed by atoms with Crippen LogP contribution in [0.1, 0.15) is 11.3 Å². The molecule has 0 radical (unpaired) electrons. The van der Waals surface area contributed by atoms with Crippen molar-refractivity contribution in [2.75, 3.05) is 6.54 Å². The molecule has 2 N–H and O–H groups in total. The van der Waals surface area contributed by atoms with Crippen molar-refractivity contribution < 1.29 is 8.42 Å². The second kappa shape index (κ2) is 5.52. The van der Waals surface area contributed by atoms with Gasteiger partial charge in [-0.25, -0.2) is 18.1 Å². The maximum Gasteiger partial charge on any atom is 0.250 e. The lowest BCUT2D eigenvalue weighted by Crippen LogP contribution is -2.25. The van der Waals surface area contributed by atoms with Crippen LogP contribution in [0.2, 0.25) is 0 Å². The van der Waals surface area contributed by atoms with Crippen molar-refractivity contribution in [3.63, 3.8) is 0 Å². The molecule has 0 aliphatic heterocycles. The molecule has 0 spiro atoms. The Balaban J connectivity index is 1.99. The molecule has 18 heavy (non-hydrogen) atoms. The highest BCUT2D eigenvalue weighted by atomic mass is 79.9. The zero-order chi connectivity index (χ0) is 13.2. The van der Waals surface area contributed by atoms with Crippen LogP contribution < -0.4 is 4.72 Å². The second-order valence-corrected chi connectivity index (χ2v) is 8.11. The summed E-state index contributed by atoms with van der Waals surface area (Å²) in [6.45, 7) is 2.21. The number of hydrogen-bond acceptors (Lipinski definition) is 4. The third-order valence-electron chi connectivity index (χ3n) is 2.34. The van der Waals surface area contributed by atoms with Gasteiger partial charge in [0.2, 0.25) is 10.0 Å². The number of imidazole rings is 1. The summed E-state index contributed by atoms with van der Waals surface area (Å²) in [5.74, 6) is 0. The molecule has 2 rings (SSSR count). The molecular formula is C10H12BrN3O2S2. The lowest BCUT2D eigenvalue weighted by Gasteiger charge is -2.03. The van der Waals surface area contributed by atoms with E-state index in [-0.39, 0.29) is 0 Å². The van der Waals surface area contributed by atoms with Gasteiger partial charge in [0, 0.05) is 24.9 Å². The normalized spacial score (nSPS) is 11.9. The highest BCUT2D eigenvalue weighted by Gasteiger charge is 2.17. The van der Waals surface area contributed by atoms with E-state index in [0.29, 0.717) is 17.2 Å². The van der Waals surface area contributed by atoms with Gasteiger partial charge in [-0.15, -0.1) is 11.3 Å². The van der Waals surface area contributed by atoms with E-state index >= 15 is 0 Å². The first-order valence-electron chi connectivity index (χ1n) is 5.22. The predicted octanol–water partition coefficient (Wildman–Crippen LogP) is 2.06. The van der Waals surface area contributed by atoms with E-state index in [4.69, 9.17) is 0 Å². The fourth-order valence-corrected chi connectivity index (χ4v) is 4.68. The number of rotatable bonds is 5. The lowest BCUT2D eigenvalue weighted by molar-refractivity contribution is 0.583. The van der Waals surface area contributed by atoms with E-state index in [2.05, 4.69) is 30.6 Å². The molecule has 5 nitrogen and oxygen atoms in total. The Morgan fingerprint density at radius 2 is 2.33 bits per heavy atom. The van der Waals surface area contributed by atoms with Gasteiger partial charge >= 0.3 is 0 Å². The minimum absolute atomic E-state index is 0.330. The summed E-state index contributed by atoms with van der Waals surface area (Å²) in [7, 11) is -3.41. The van der Waals surface area contributed by atoms with Crippen LogP contribution in [0.25, 0.3) is 0 Å². The minimum Gasteiger partial charge on any atom is -0.348 e. The van der Waals surface area contributed by atoms with Gasteiger partial charge in [0.25, 0.3) is 0 Å². The molecular weight excluding hydrogens is 338 g/mol. The Morgan fingerprint density at radius 1 is 1.56 bits per heavy atom. The van der Waals surface area contributed by atoms with E-state index in [1.165, 1.54) is 11.3 Å². The molecule has 0 unspecified atom stereocenters. The van der Waals surface area contributed by atoms with Crippen molar-refractivity contribution in [2.45, 2.75) is 17.6 Å². The van der Waals surface area contributed by atoms with Crippen molar-refractivity contribution in [2.24, 2.45) is 0 Å². The number of H-pyrrole nitrogens is 1. The van der Waals surface area contributed by atoms with Gasteiger partial charge in [-0.2, -0.15) is 0 Å². The Bertz CT molecular complexity index is 600. The van der Waals surface area contributed by atoms with Crippen molar-refractivity contribution in [1.82, 2.24) is 14.7 Å². The fraction of sp³-hybridized carbons (Fsp3) is 0.300. The molecule has 2 aromatic rings. The van der Waals surface area contributed by atoms with Crippen molar-refractivity contribution in [3.8, 4) is 0 Å². The maximum atomic E-state index is 12.0. The molecule has 0 aromatic carbocycles. The number of aromatic nitrogens is 2. The molecule has 0 fully saturated rings. The minimum atomic E-state index is -3.41. The van der Waals surface area contributed by atoms with Gasteiger partial charge in [-0.05, 0) is 34.5 Å². The first-order valence-corrected chi connectivity index (χ1v) is 8.31. The van der Waals surface area contributed by atoms with Gasteiger partial charge in [0.1, 0.15) is 4.21 Å². The molecule has 0 saturated heterocycles. The molecule has 98 valence electrons. The first kappa shape index (κ1) is 13.7. The zero-order valence-electron chi connectivity index (χ0n) is 9.60. The van der Waals surface area contributed by atoms with Crippen LogP contribution in [0.5, 0.6) is 0 Å². The Kier molecular flexibility index (Phi) is 4.21. The largest absolute Gasteiger partial charge is 0.348 e. The molecule has 0 saturated carbocycles. The van der Waals surface area contributed by atoms with Crippen LogP contribution in [-0.4, -0.2) is 24.9 Å². The van der Waals surface area contributed by atoms with Crippen LogP contribution >= 0.6 is 27.3 Å². The molecule has 0 atom stereocenters. The highest BCUT2D eigenvalue weighted by Crippen LogP contribution is 2.30. The number of aromatic amines is 1. The van der Waals surface area contributed by atoms with Crippen LogP contribution in [0.3, 0.4) is 0 Å². The number of sulfonamides is 1. The van der Waals surface area contributed by atoms with Crippen LogP contribution in [0.15, 0.2) is 26.6 Å². The number of nitrogens with one attached hydrogen (secondary N) is 2. The molecule has 2 heterocycles. The second-order valence-electron chi connectivity index (χ2n) is 3.75. The van der Waals surface area contributed by atoms with Gasteiger partial charge < -0.3 is 4.98 Å².